The molecule has 7 heteroatoms. The molecule has 1 aliphatic rings. The molecule has 2 rings (SSSR count). The van der Waals surface area contributed by atoms with Crippen molar-refractivity contribution >= 4 is 17.4 Å². The molecule has 116 valence electrons. The summed E-state index contributed by atoms with van der Waals surface area (Å²) >= 11 is 0. The molecule has 0 aromatic carbocycles. The van der Waals surface area contributed by atoms with Gasteiger partial charge < -0.3 is 20.3 Å². The van der Waals surface area contributed by atoms with Crippen LogP contribution in [0.3, 0.4) is 0 Å². The van der Waals surface area contributed by atoms with Gasteiger partial charge in [0.2, 0.25) is 11.8 Å². The maximum Gasteiger partial charge on any atom is 0.244 e. The molecule has 0 aliphatic carbocycles. The van der Waals surface area contributed by atoms with Crippen molar-refractivity contribution in [2.45, 2.75) is 32.2 Å². The molecule has 21 heavy (non-hydrogen) atoms. The first-order valence-corrected chi connectivity index (χ1v) is 7.27. The highest BCUT2D eigenvalue weighted by Crippen LogP contribution is 2.33. The summed E-state index contributed by atoms with van der Waals surface area (Å²) in [6.45, 7) is 3.34. The summed E-state index contributed by atoms with van der Waals surface area (Å²) in [5.41, 5.74) is 6.53. The number of rotatable bonds is 5. The van der Waals surface area contributed by atoms with Crippen LogP contribution in [0.1, 0.15) is 26.2 Å². The molecule has 1 atom stereocenters. The predicted octanol–water partition coefficient (Wildman–Crippen LogP) is 0.905. The third kappa shape index (κ3) is 3.17. The summed E-state index contributed by atoms with van der Waals surface area (Å²) in [6.07, 6.45) is 4.07. The van der Waals surface area contributed by atoms with Crippen molar-refractivity contribution in [1.29, 1.82) is 0 Å². The molecular weight excluding hydrogens is 270 g/mol. The van der Waals surface area contributed by atoms with E-state index in [2.05, 4.69) is 9.97 Å². The van der Waals surface area contributed by atoms with Crippen LogP contribution in [0, 0.1) is 0 Å². The fourth-order valence-corrected chi connectivity index (χ4v) is 2.49. The van der Waals surface area contributed by atoms with Gasteiger partial charge in [-0.05, 0) is 19.3 Å². The molecule has 0 saturated carbocycles. The van der Waals surface area contributed by atoms with Crippen LogP contribution >= 0.6 is 0 Å². The Hall–Kier alpha value is -2.05. The van der Waals surface area contributed by atoms with E-state index >= 15 is 0 Å². The number of nitrogens with two attached hydrogens (primary N) is 1. The summed E-state index contributed by atoms with van der Waals surface area (Å²) < 4.78 is 5.53. The lowest BCUT2D eigenvalue weighted by Crippen LogP contribution is -2.43. The van der Waals surface area contributed by atoms with Crippen molar-refractivity contribution in [3.05, 3.63) is 6.33 Å². The molecule has 2 N–H and O–H groups in total. The Morgan fingerprint density at radius 3 is 2.95 bits per heavy atom. The Bertz CT molecular complexity index is 506. The quantitative estimate of drug-likeness (QED) is 0.868. The number of carbonyl (C=O) groups excluding carboxylic acids is 1. The van der Waals surface area contributed by atoms with E-state index in [1.54, 1.807) is 19.0 Å². The molecular formula is C14H23N5O2. The van der Waals surface area contributed by atoms with Crippen molar-refractivity contribution in [3.8, 4) is 5.88 Å². The Morgan fingerprint density at radius 1 is 1.52 bits per heavy atom. The maximum absolute atomic E-state index is 12.3. The monoisotopic (exact) mass is 293 g/mol. The summed E-state index contributed by atoms with van der Waals surface area (Å²) in [5.74, 6) is 1.06. The van der Waals surface area contributed by atoms with E-state index in [0.717, 1.165) is 25.8 Å². The molecule has 2 heterocycles. The summed E-state index contributed by atoms with van der Waals surface area (Å²) in [7, 11) is 3.52. The highest BCUT2D eigenvalue weighted by atomic mass is 16.5. The number of nitrogen functional groups attached to an aromatic ring is 1. The largest absolute Gasteiger partial charge is 0.476 e. The lowest BCUT2D eigenvalue weighted by Gasteiger charge is -2.28. The van der Waals surface area contributed by atoms with Gasteiger partial charge in [0.25, 0.3) is 0 Å². The van der Waals surface area contributed by atoms with Gasteiger partial charge in [0.05, 0.1) is 6.61 Å². The van der Waals surface area contributed by atoms with E-state index in [1.807, 2.05) is 11.8 Å². The first-order valence-electron chi connectivity index (χ1n) is 7.27. The molecule has 1 fully saturated rings. The molecule has 1 aliphatic heterocycles. The summed E-state index contributed by atoms with van der Waals surface area (Å²) in [5, 5.41) is 0. The number of hydrogen-bond acceptors (Lipinski definition) is 6. The molecule has 0 spiro atoms. The van der Waals surface area contributed by atoms with Crippen molar-refractivity contribution < 1.29 is 9.53 Å². The Kier molecular flexibility index (Phi) is 4.82. The minimum Gasteiger partial charge on any atom is -0.476 e. The van der Waals surface area contributed by atoms with E-state index < -0.39 is 0 Å². The second kappa shape index (κ2) is 6.60. The minimum absolute atomic E-state index is 0.0709. The van der Waals surface area contributed by atoms with Crippen LogP contribution in [0.4, 0.5) is 11.5 Å². The Morgan fingerprint density at radius 2 is 2.29 bits per heavy atom. The molecule has 1 aromatic heterocycles. The first-order chi connectivity index (χ1) is 10.1. The smallest absolute Gasteiger partial charge is 0.244 e. The maximum atomic E-state index is 12.3. The third-order valence-corrected chi connectivity index (χ3v) is 3.52. The summed E-state index contributed by atoms with van der Waals surface area (Å²) in [4.78, 5) is 24.2. The fourth-order valence-electron chi connectivity index (χ4n) is 2.49. The fraction of sp³-hybridized carbons (Fsp3) is 0.643. The number of amides is 1. The highest BCUT2D eigenvalue weighted by molar-refractivity contribution is 5.86. The third-order valence-electron chi connectivity index (χ3n) is 3.52. The van der Waals surface area contributed by atoms with Crippen LogP contribution in [0.2, 0.25) is 0 Å². The Labute approximate surface area is 125 Å². The zero-order valence-electron chi connectivity index (χ0n) is 12.9. The normalized spacial score (nSPS) is 17.9. The lowest BCUT2D eigenvalue weighted by atomic mass is 10.2. The van der Waals surface area contributed by atoms with Crippen LogP contribution in [0.15, 0.2) is 6.33 Å². The first kappa shape index (κ1) is 15.3. The summed E-state index contributed by atoms with van der Waals surface area (Å²) in [6, 6.07) is -0.212. The predicted molar refractivity (Wildman–Crippen MR) is 81.3 cm³/mol. The molecule has 0 radical (unpaired) electrons. The molecule has 1 amide bonds. The standard InChI is InChI=1S/C14H23N5O2/c1-4-8-21-13-11(15)12(16-9-17-13)19-7-5-6-10(19)14(20)18(2)3/h9-10H,4-8,15H2,1-3H3. The zero-order valence-corrected chi connectivity index (χ0v) is 12.9. The lowest BCUT2D eigenvalue weighted by molar-refractivity contribution is -0.129. The number of aromatic nitrogens is 2. The topological polar surface area (TPSA) is 84.6 Å². The van der Waals surface area contributed by atoms with Crippen LogP contribution in [-0.2, 0) is 4.79 Å². The van der Waals surface area contributed by atoms with Gasteiger partial charge in [-0.1, -0.05) is 6.92 Å². The average Bonchev–Trinajstić information content (AvgIpc) is 2.94. The SMILES string of the molecule is CCCOc1ncnc(N2CCCC2C(=O)N(C)C)c1N. The van der Waals surface area contributed by atoms with E-state index in [4.69, 9.17) is 10.5 Å². The number of carbonyl (C=O) groups is 1. The minimum atomic E-state index is -0.212. The van der Waals surface area contributed by atoms with Crippen molar-refractivity contribution in [1.82, 2.24) is 14.9 Å². The molecule has 7 nitrogen and oxygen atoms in total. The number of nitrogens with zero attached hydrogens (tertiary/aromatic N) is 4. The van der Waals surface area contributed by atoms with Crippen LogP contribution in [-0.4, -0.2) is 54.1 Å². The second-order valence-corrected chi connectivity index (χ2v) is 5.35. The van der Waals surface area contributed by atoms with E-state index in [-0.39, 0.29) is 11.9 Å². The number of likely N-dealkylation sites (N-methyl/N-ethyl adjacent to an activating group) is 1. The molecule has 1 saturated heterocycles. The van der Waals surface area contributed by atoms with Gasteiger partial charge in [0, 0.05) is 20.6 Å². The van der Waals surface area contributed by atoms with E-state index in [9.17, 15) is 4.79 Å². The number of hydrogen-bond donors (Lipinski definition) is 1. The van der Waals surface area contributed by atoms with Gasteiger partial charge in [-0.25, -0.2) is 4.98 Å². The van der Waals surface area contributed by atoms with E-state index in [1.165, 1.54) is 6.33 Å². The number of anilines is 2. The van der Waals surface area contributed by atoms with Gasteiger partial charge >= 0.3 is 0 Å². The van der Waals surface area contributed by atoms with Crippen molar-refractivity contribution in [2.75, 3.05) is 37.9 Å². The van der Waals surface area contributed by atoms with E-state index in [0.29, 0.717) is 24.0 Å². The highest BCUT2D eigenvalue weighted by Gasteiger charge is 2.34. The van der Waals surface area contributed by atoms with Gasteiger partial charge in [-0.3, -0.25) is 4.79 Å². The van der Waals surface area contributed by atoms with Crippen LogP contribution < -0.4 is 15.4 Å². The second-order valence-electron chi connectivity index (χ2n) is 5.35. The average molecular weight is 293 g/mol. The number of ether oxygens (including phenoxy) is 1. The van der Waals surface area contributed by atoms with Crippen LogP contribution in [0.5, 0.6) is 5.88 Å². The molecule has 1 unspecified atom stereocenters. The van der Waals surface area contributed by atoms with Gasteiger partial charge in [0.15, 0.2) is 5.82 Å². The van der Waals surface area contributed by atoms with Gasteiger partial charge in [-0.2, -0.15) is 4.98 Å². The van der Waals surface area contributed by atoms with Crippen molar-refractivity contribution in [2.24, 2.45) is 0 Å². The van der Waals surface area contributed by atoms with Crippen LogP contribution in [0.25, 0.3) is 0 Å². The van der Waals surface area contributed by atoms with Gasteiger partial charge in [0.1, 0.15) is 18.1 Å². The molecule has 1 aromatic rings. The van der Waals surface area contributed by atoms with Gasteiger partial charge in [-0.15, -0.1) is 0 Å². The Balaban J connectivity index is 2.26. The molecule has 0 bridgehead atoms. The zero-order chi connectivity index (χ0) is 15.4. The van der Waals surface area contributed by atoms with Crippen molar-refractivity contribution in [3.63, 3.8) is 0 Å².